The van der Waals surface area contributed by atoms with Crippen molar-refractivity contribution in [3.8, 4) is 0 Å². The standard InChI is InChI=1S/C5H4N6O2/c12-10-11(13)5-3-4(7-1-6-3)8-2-9-5/h1-3,12H/b11-10-. The Hall–Kier alpha value is -2.12. The zero-order valence-electron chi connectivity index (χ0n) is 6.27. The molecule has 2 heterocycles. The number of amidine groups is 2. The van der Waals surface area contributed by atoms with Gasteiger partial charge in [0.1, 0.15) is 11.6 Å². The number of hydroxylamine groups is 1. The number of hydrogen-bond acceptors (Lipinski definition) is 6. The molecule has 1 N–H and O–H groups in total. The lowest BCUT2D eigenvalue weighted by Gasteiger charge is -2.09. The van der Waals surface area contributed by atoms with Crippen LogP contribution in [0.5, 0.6) is 0 Å². The lowest BCUT2D eigenvalue weighted by molar-refractivity contribution is -0.446. The summed E-state index contributed by atoms with van der Waals surface area (Å²) in [4.78, 5) is 15.0. The van der Waals surface area contributed by atoms with Crippen molar-refractivity contribution in [1.82, 2.24) is 0 Å². The Morgan fingerprint density at radius 3 is 3.08 bits per heavy atom. The highest BCUT2D eigenvalue weighted by Gasteiger charge is 2.34. The lowest BCUT2D eigenvalue weighted by atomic mass is 10.2. The zero-order chi connectivity index (χ0) is 9.26. The van der Waals surface area contributed by atoms with Crippen LogP contribution < -0.4 is 0 Å². The Kier molecular flexibility index (Phi) is 1.58. The Morgan fingerprint density at radius 1 is 1.46 bits per heavy atom. The molecule has 8 nitrogen and oxygen atoms in total. The van der Waals surface area contributed by atoms with Gasteiger partial charge in [-0.25, -0.2) is 9.98 Å². The predicted molar refractivity (Wildman–Crippen MR) is 43.5 cm³/mol. The molecule has 8 heteroatoms. The van der Waals surface area contributed by atoms with Crippen molar-refractivity contribution in [2.75, 3.05) is 0 Å². The molecule has 1 atom stereocenters. The summed E-state index contributed by atoms with van der Waals surface area (Å²) in [5.41, 5.74) is 0. The van der Waals surface area contributed by atoms with Gasteiger partial charge in [-0.3, -0.25) is 0 Å². The lowest BCUT2D eigenvalue weighted by Crippen LogP contribution is -2.34. The van der Waals surface area contributed by atoms with Crippen molar-refractivity contribution in [2.24, 2.45) is 25.2 Å². The first kappa shape index (κ1) is 7.53. The summed E-state index contributed by atoms with van der Waals surface area (Å²) in [6.07, 6.45) is 2.44. The smallest absolute Gasteiger partial charge is 0.359 e. The average Bonchev–Trinajstić information content (AvgIpc) is 2.63. The molecule has 1 unspecified atom stereocenters. The van der Waals surface area contributed by atoms with Gasteiger partial charge in [0.05, 0.1) is 0 Å². The molecule has 0 fully saturated rings. The van der Waals surface area contributed by atoms with E-state index in [-0.39, 0.29) is 10.7 Å². The second kappa shape index (κ2) is 2.73. The molecule has 2 aliphatic heterocycles. The molecule has 0 aromatic rings. The first-order valence-corrected chi connectivity index (χ1v) is 3.35. The first-order valence-electron chi connectivity index (χ1n) is 3.35. The molecule has 0 amide bonds. The van der Waals surface area contributed by atoms with Crippen molar-refractivity contribution in [2.45, 2.75) is 6.04 Å². The molecule has 66 valence electrons. The SMILES string of the molecule is [O-]/[N+](=N\O)C1=NC=NC2=NC=NC21. The van der Waals surface area contributed by atoms with E-state index in [1.54, 1.807) is 0 Å². The Balaban J connectivity index is 2.39. The summed E-state index contributed by atoms with van der Waals surface area (Å²) >= 11 is 0. The highest BCUT2D eigenvalue weighted by atomic mass is 16.6. The Morgan fingerprint density at radius 2 is 2.31 bits per heavy atom. The fourth-order valence-corrected chi connectivity index (χ4v) is 1.00. The van der Waals surface area contributed by atoms with E-state index in [0.717, 1.165) is 6.34 Å². The molecule has 0 radical (unpaired) electrons. The van der Waals surface area contributed by atoms with Crippen molar-refractivity contribution in [1.29, 1.82) is 0 Å². The fourth-order valence-electron chi connectivity index (χ4n) is 1.00. The Bertz CT molecular complexity index is 378. The molecule has 0 spiro atoms. The molecule has 0 aliphatic carbocycles. The van der Waals surface area contributed by atoms with E-state index in [9.17, 15) is 5.21 Å². The van der Waals surface area contributed by atoms with Gasteiger partial charge in [-0.1, -0.05) is 4.86 Å². The normalized spacial score (nSPS) is 25.5. The average molecular weight is 180 g/mol. The monoisotopic (exact) mass is 180 g/mol. The minimum Gasteiger partial charge on any atom is -0.688 e. The maximum atomic E-state index is 10.9. The van der Waals surface area contributed by atoms with Gasteiger partial charge in [-0.15, -0.1) is 0 Å². The van der Waals surface area contributed by atoms with Crippen LogP contribution in [0.3, 0.4) is 0 Å². The van der Waals surface area contributed by atoms with Gasteiger partial charge in [0.2, 0.25) is 12.4 Å². The minimum atomic E-state index is -0.640. The quantitative estimate of drug-likeness (QED) is 0.310. The summed E-state index contributed by atoms with van der Waals surface area (Å²) in [5.74, 6) is 0.319. The van der Waals surface area contributed by atoms with E-state index in [1.807, 2.05) is 0 Å². The van der Waals surface area contributed by atoms with Gasteiger partial charge >= 0.3 is 5.84 Å². The molecule has 2 rings (SSSR count). The third-order valence-corrected chi connectivity index (χ3v) is 1.55. The van der Waals surface area contributed by atoms with E-state index < -0.39 is 6.04 Å². The number of rotatable bonds is 0. The molecular weight excluding hydrogens is 176 g/mol. The van der Waals surface area contributed by atoms with E-state index >= 15 is 0 Å². The molecule has 2 aliphatic rings. The largest absolute Gasteiger partial charge is 0.688 e. The second-order valence-corrected chi connectivity index (χ2v) is 2.25. The zero-order valence-corrected chi connectivity index (χ0v) is 6.27. The summed E-state index contributed by atoms with van der Waals surface area (Å²) in [5, 5.41) is 21.5. The first-order chi connectivity index (χ1) is 6.33. The van der Waals surface area contributed by atoms with Crippen LogP contribution in [-0.2, 0) is 0 Å². The second-order valence-electron chi connectivity index (χ2n) is 2.25. The maximum Gasteiger partial charge on any atom is 0.359 e. The van der Waals surface area contributed by atoms with Gasteiger partial charge < -0.3 is 10.4 Å². The van der Waals surface area contributed by atoms with Crippen LogP contribution in [0.2, 0.25) is 0 Å². The topological polar surface area (TPSA) is 108 Å². The van der Waals surface area contributed by atoms with Crippen LogP contribution in [0.4, 0.5) is 0 Å². The molecule has 0 saturated heterocycles. The van der Waals surface area contributed by atoms with E-state index in [4.69, 9.17) is 5.21 Å². The van der Waals surface area contributed by atoms with Crippen LogP contribution in [0.1, 0.15) is 0 Å². The van der Waals surface area contributed by atoms with E-state index in [0.29, 0.717) is 5.84 Å². The molecule has 0 aromatic carbocycles. The highest BCUT2D eigenvalue weighted by Crippen LogP contribution is 2.09. The van der Waals surface area contributed by atoms with Crippen LogP contribution in [-0.4, -0.2) is 40.5 Å². The van der Waals surface area contributed by atoms with Gasteiger partial charge in [0.25, 0.3) is 0 Å². The van der Waals surface area contributed by atoms with Gasteiger partial charge in [0.15, 0.2) is 5.84 Å². The van der Waals surface area contributed by atoms with E-state index in [1.165, 1.54) is 6.34 Å². The number of hydrogen-bond donors (Lipinski definition) is 1. The molecule has 0 saturated carbocycles. The Labute approximate surface area is 71.9 Å². The summed E-state index contributed by atoms with van der Waals surface area (Å²) in [7, 11) is 0. The maximum absolute atomic E-state index is 10.9. The molecule has 13 heavy (non-hydrogen) atoms. The van der Waals surface area contributed by atoms with Crippen LogP contribution in [0.15, 0.2) is 25.2 Å². The van der Waals surface area contributed by atoms with Crippen molar-refractivity contribution < 1.29 is 10.1 Å². The minimum absolute atomic E-state index is 0.0198. The molecule has 0 aromatic heterocycles. The van der Waals surface area contributed by atoms with Gasteiger partial charge in [0, 0.05) is 0 Å². The molecule has 0 bridgehead atoms. The molecular formula is C5H4N6O2. The summed E-state index contributed by atoms with van der Waals surface area (Å²) in [6.45, 7) is 0. The van der Waals surface area contributed by atoms with E-state index in [2.05, 4.69) is 25.2 Å². The van der Waals surface area contributed by atoms with Crippen molar-refractivity contribution in [3.05, 3.63) is 5.21 Å². The van der Waals surface area contributed by atoms with Crippen molar-refractivity contribution >= 4 is 24.3 Å². The number of aliphatic imine (C=N–C) groups is 4. The third kappa shape index (κ3) is 1.08. The summed E-state index contributed by atoms with van der Waals surface area (Å²) in [6, 6.07) is -0.640. The van der Waals surface area contributed by atoms with Gasteiger partial charge in [-0.2, -0.15) is 4.99 Å². The van der Waals surface area contributed by atoms with Crippen molar-refractivity contribution in [3.63, 3.8) is 0 Å². The fraction of sp³-hybridized carbons (Fsp3) is 0.200. The van der Waals surface area contributed by atoms with Crippen LogP contribution in [0.25, 0.3) is 0 Å². The third-order valence-electron chi connectivity index (χ3n) is 1.55. The van der Waals surface area contributed by atoms with Crippen LogP contribution in [0, 0.1) is 5.21 Å². The highest BCUT2D eigenvalue weighted by molar-refractivity contribution is 6.17. The summed E-state index contributed by atoms with van der Waals surface area (Å²) < 4.78 is 0. The number of nitrogens with zero attached hydrogens (tertiary/aromatic N) is 6. The van der Waals surface area contributed by atoms with Gasteiger partial charge in [-0.05, 0) is 4.99 Å². The number of fused-ring (bicyclic) bond motifs is 1. The van der Waals surface area contributed by atoms with Crippen LogP contribution >= 0.6 is 0 Å². The predicted octanol–water partition coefficient (Wildman–Crippen LogP) is -0.413.